The molecule has 0 heterocycles. The molecule has 0 saturated heterocycles. The van der Waals surface area contributed by atoms with E-state index in [4.69, 9.17) is 9.66 Å². The highest BCUT2D eigenvalue weighted by atomic mass is 32.2. The van der Waals surface area contributed by atoms with Crippen LogP contribution in [0.1, 0.15) is 13.3 Å². The van der Waals surface area contributed by atoms with Crippen LogP contribution in [0.4, 0.5) is 0 Å². The molecule has 74 valence electrons. The molecule has 0 aliphatic carbocycles. The summed E-state index contributed by atoms with van der Waals surface area (Å²) in [5.74, 6) is -1.10. The maximum atomic E-state index is 9.79. The van der Waals surface area contributed by atoms with Gasteiger partial charge in [0.1, 0.15) is 0 Å². The predicted octanol–water partition coefficient (Wildman–Crippen LogP) is -0.686. The molecule has 0 rings (SSSR count). The van der Waals surface area contributed by atoms with Gasteiger partial charge in [-0.2, -0.15) is 8.42 Å². The van der Waals surface area contributed by atoms with Crippen molar-refractivity contribution in [3.8, 4) is 0 Å². The van der Waals surface area contributed by atoms with Gasteiger partial charge in [-0.1, -0.05) is 6.92 Å². The molecule has 12 heavy (non-hydrogen) atoms. The number of aliphatic carboxylic acids is 1. The van der Waals surface area contributed by atoms with Crippen LogP contribution in [0, 0.1) is 0 Å². The first-order chi connectivity index (χ1) is 5.33. The van der Waals surface area contributed by atoms with E-state index in [1.165, 1.54) is 0 Å². The highest BCUT2D eigenvalue weighted by Gasteiger charge is 1.98. The predicted molar refractivity (Wildman–Crippen MR) is 43.4 cm³/mol. The standard InChI is InChI=1S/C3H8O3S.C2H5NO2/c1-2-3-7(4,5)6;3-1-2(4)5/h2-3H2,1H3,(H,4,5,6);1,3H2,(H,4,5). The average Bonchev–Trinajstić information content (AvgIpc) is 1.86. The Morgan fingerprint density at radius 3 is 1.83 bits per heavy atom. The van der Waals surface area contributed by atoms with Crippen molar-refractivity contribution in [3.63, 3.8) is 0 Å². The van der Waals surface area contributed by atoms with Crippen molar-refractivity contribution >= 4 is 16.1 Å². The van der Waals surface area contributed by atoms with Gasteiger partial charge in [-0.25, -0.2) is 0 Å². The zero-order valence-corrected chi connectivity index (χ0v) is 7.54. The zero-order chi connectivity index (χ0) is 10.2. The molecule has 0 saturated carbocycles. The van der Waals surface area contributed by atoms with E-state index in [2.05, 4.69) is 5.73 Å². The number of rotatable bonds is 3. The molecule has 0 aromatic heterocycles. The van der Waals surface area contributed by atoms with E-state index in [9.17, 15) is 13.2 Å². The number of carbonyl (C=O) groups is 1. The third kappa shape index (κ3) is 22.8. The van der Waals surface area contributed by atoms with E-state index in [-0.39, 0.29) is 12.3 Å². The average molecular weight is 199 g/mol. The highest BCUT2D eigenvalue weighted by Crippen LogP contribution is 1.83. The number of nitrogens with two attached hydrogens (primary N) is 1. The minimum atomic E-state index is -3.67. The van der Waals surface area contributed by atoms with Crippen molar-refractivity contribution in [2.45, 2.75) is 13.3 Å². The Morgan fingerprint density at radius 2 is 1.83 bits per heavy atom. The van der Waals surface area contributed by atoms with Gasteiger partial charge in [0, 0.05) is 0 Å². The van der Waals surface area contributed by atoms with Gasteiger partial charge in [0.25, 0.3) is 10.1 Å². The van der Waals surface area contributed by atoms with Crippen LogP contribution in [0.25, 0.3) is 0 Å². The Morgan fingerprint density at radius 1 is 1.50 bits per heavy atom. The molecular formula is C5H13NO5S. The maximum absolute atomic E-state index is 9.79. The minimum absolute atomic E-state index is 0.132. The first-order valence-corrected chi connectivity index (χ1v) is 4.81. The Kier molecular flexibility index (Phi) is 8.12. The topological polar surface area (TPSA) is 118 Å². The van der Waals surface area contributed by atoms with Gasteiger partial charge in [0.2, 0.25) is 0 Å². The van der Waals surface area contributed by atoms with Crippen molar-refractivity contribution in [1.29, 1.82) is 0 Å². The number of carboxylic acid groups (broad SMARTS) is 1. The van der Waals surface area contributed by atoms with Gasteiger partial charge in [0.05, 0.1) is 12.3 Å². The van der Waals surface area contributed by atoms with Crippen LogP contribution < -0.4 is 5.73 Å². The molecule has 6 nitrogen and oxygen atoms in total. The summed E-state index contributed by atoms with van der Waals surface area (Å²) in [5, 5.41) is 7.60. The molecule has 0 unspecified atom stereocenters. The van der Waals surface area contributed by atoms with E-state index in [1.807, 2.05) is 0 Å². The third-order valence-corrected chi connectivity index (χ3v) is 1.56. The second-order valence-corrected chi connectivity index (χ2v) is 3.46. The molecule has 0 aromatic rings. The molecule has 0 fully saturated rings. The van der Waals surface area contributed by atoms with Gasteiger partial charge in [0.15, 0.2) is 0 Å². The molecule has 0 bridgehead atoms. The molecule has 0 aliphatic heterocycles. The second-order valence-electron chi connectivity index (χ2n) is 1.88. The largest absolute Gasteiger partial charge is 0.480 e. The van der Waals surface area contributed by atoms with E-state index >= 15 is 0 Å². The number of carboxylic acids is 1. The number of hydrogen-bond acceptors (Lipinski definition) is 4. The van der Waals surface area contributed by atoms with Crippen molar-refractivity contribution in [2.24, 2.45) is 5.73 Å². The van der Waals surface area contributed by atoms with Crippen LogP contribution >= 0.6 is 0 Å². The molecule has 0 aliphatic rings. The number of hydrogen-bond donors (Lipinski definition) is 3. The SMILES string of the molecule is CCCS(=O)(=O)O.NCC(=O)O. The monoisotopic (exact) mass is 199 g/mol. The van der Waals surface area contributed by atoms with Crippen LogP contribution in [0.15, 0.2) is 0 Å². The molecule has 0 radical (unpaired) electrons. The lowest BCUT2D eigenvalue weighted by Crippen LogP contribution is -2.10. The lowest BCUT2D eigenvalue weighted by atomic mass is 10.6. The fourth-order valence-electron chi connectivity index (χ4n) is 0.258. The Bertz CT molecular complexity index is 210. The summed E-state index contributed by atoms with van der Waals surface area (Å²) in [6.07, 6.45) is 0.471. The lowest BCUT2D eigenvalue weighted by Gasteiger charge is -1.85. The van der Waals surface area contributed by atoms with Crippen LogP contribution in [0.3, 0.4) is 0 Å². The summed E-state index contributed by atoms with van der Waals surface area (Å²) in [4.78, 5) is 9.24. The van der Waals surface area contributed by atoms with Gasteiger partial charge < -0.3 is 10.8 Å². The minimum Gasteiger partial charge on any atom is -0.480 e. The van der Waals surface area contributed by atoms with Gasteiger partial charge in [-0.3, -0.25) is 9.35 Å². The Hall–Kier alpha value is -0.660. The van der Waals surface area contributed by atoms with Crippen LogP contribution in [0.5, 0.6) is 0 Å². The van der Waals surface area contributed by atoms with E-state index in [0.717, 1.165) is 0 Å². The van der Waals surface area contributed by atoms with E-state index in [0.29, 0.717) is 6.42 Å². The second kappa shape index (κ2) is 7.01. The van der Waals surface area contributed by atoms with E-state index in [1.54, 1.807) is 6.92 Å². The summed E-state index contributed by atoms with van der Waals surface area (Å²) < 4.78 is 27.6. The molecule has 0 amide bonds. The van der Waals surface area contributed by atoms with Crippen molar-refractivity contribution < 1.29 is 22.9 Å². The normalized spacial score (nSPS) is 9.92. The van der Waals surface area contributed by atoms with Gasteiger partial charge in [-0.15, -0.1) is 0 Å². The fourth-order valence-corrected chi connectivity index (χ4v) is 0.774. The Balaban J connectivity index is 0. The highest BCUT2D eigenvalue weighted by molar-refractivity contribution is 7.85. The summed E-state index contributed by atoms with van der Waals surface area (Å²) in [6, 6.07) is 0. The summed E-state index contributed by atoms with van der Waals surface area (Å²) in [6.45, 7) is 1.41. The lowest BCUT2D eigenvalue weighted by molar-refractivity contribution is -0.135. The van der Waals surface area contributed by atoms with Crippen molar-refractivity contribution in [2.75, 3.05) is 12.3 Å². The third-order valence-electron chi connectivity index (χ3n) is 0.637. The summed E-state index contributed by atoms with van der Waals surface area (Å²) >= 11 is 0. The zero-order valence-electron chi connectivity index (χ0n) is 6.73. The maximum Gasteiger partial charge on any atom is 0.317 e. The van der Waals surface area contributed by atoms with Crippen molar-refractivity contribution in [1.82, 2.24) is 0 Å². The van der Waals surface area contributed by atoms with Crippen LogP contribution in [0.2, 0.25) is 0 Å². The molecule has 0 aromatic carbocycles. The molecular weight excluding hydrogens is 186 g/mol. The molecule has 4 N–H and O–H groups in total. The molecule has 7 heteroatoms. The summed E-state index contributed by atoms with van der Waals surface area (Å²) in [5.41, 5.74) is 4.57. The quantitative estimate of drug-likeness (QED) is 0.518. The smallest absolute Gasteiger partial charge is 0.317 e. The Labute approximate surface area is 71.1 Å². The van der Waals surface area contributed by atoms with Crippen LogP contribution in [-0.2, 0) is 14.9 Å². The van der Waals surface area contributed by atoms with Gasteiger partial charge >= 0.3 is 5.97 Å². The first-order valence-electron chi connectivity index (χ1n) is 3.20. The van der Waals surface area contributed by atoms with Crippen molar-refractivity contribution in [3.05, 3.63) is 0 Å². The van der Waals surface area contributed by atoms with Crippen LogP contribution in [-0.4, -0.2) is 36.3 Å². The van der Waals surface area contributed by atoms with Gasteiger partial charge in [-0.05, 0) is 6.42 Å². The first kappa shape index (κ1) is 13.9. The fraction of sp³-hybridized carbons (Fsp3) is 0.800. The summed E-state index contributed by atoms with van der Waals surface area (Å²) in [7, 11) is -3.67. The molecule has 0 spiro atoms. The van der Waals surface area contributed by atoms with E-state index < -0.39 is 16.1 Å². The molecule has 0 atom stereocenters.